The molecule has 0 aliphatic carbocycles. The molecular weight excluding hydrogens is 184 g/mol. The molecule has 76 valence electrons. The van der Waals surface area contributed by atoms with E-state index < -0.39 is 0 Å². The third-order valence-corrected chi connectivity index (χ3v) is 1.46. The summed E-state index contributed by atoms with van der Waals surface area (Å²) in [6.07, 6.45) is 1.75. The molecule has 4 heteroatoms. The number of thiocarbonyl (C=S) groups is 1. The molecule has 3 nitrogen and oxygen atoms in total. The van der Waals surface area contributed by atoms with Crippen molar-refractivity contribution in [3.63, 3.8) is 0 Å². The summed E-state index contributed by atoms with van der Waals surface area (Å²) in [7, 11) is 4.01. The largest absolute Gasteiger partial charge is 0.400 e. The van der Waals surface area contributed by atoms with Crippen LogP contribution in [-0.4, -0.2) is 43.6 Å². The van der Waals surface area contributed by atoms with Crippen molar-refractivity contribution >= 4 is 17.1 Å². The normalized spacial score (nSPS) is 12.2. The zero-order chi connectivity index (χ0) is 10.3. The molecule has 0 aromatic rings. The Morgan fingerprint density at radius 1 is 1.54 bits per heavy atom. The van der Waals surface area contributed by atoms with Gasteiger partial charge in [-0.05, 0) is 27.1 Å². The lowest BCUT2D eigenvalue weighted by Crippen LogP contribution is -2.19. The molecular formula is C9H18N2OS. The van der Waals surface area contributed by atoms with Crippen LogP contribution in [-0.2, 0) is 4.74 Å². The highest BCUT2D eigenvalue weighted by atomic mass is 32.1. The minimum absolute atomic E-state index is 0.460. The lowest BCUT2D eigenvalue weighted by molar-refractivity contribution is 0.136. The molecule has 0 unspecified atom stereocenters. The maximum Gasteiger partial charge on any atom is 0.0861 e. The third-order valence-electron chi connectivity index (χ3n) is 1.34. The van der Waals surface area contributed by atoms with E-state index in [-0.39, 0.29) is 0 Å². The standard InChI is InChI=1S/C9H18N2OS/c1-8(13)6-9(10)7-12-5-4-11(2)3/h6H,4-5,7,10H2,1-3H3/b9-6-. The molecule has 0 fully saturated rings. The van der Waals surface area contributed by atoms with E-state index >= 15 is 0 Å². The van der Waals surface area contributed by atoms with E-state index in [4.69, 9.17) is 22.7 Å². The summed E-state index contributed by atoms with van der Waals surface area (Å²) in [6, 6.07) is 0. The summed E-state index contributed by atoms with van der Waals surface area (Å²) in [5.74, 6) is 0. The number of nitrogens with two attached hydrogens (primary N) is 1. The lowest BCUT2D eigenvalue weighted by Gasteiger charge is -2.09. The van der Waals surface area contributed by atoms with Gasteiger partial charge in [-0.3, -0.25) is 0 Å². The smallest absolute Gasteiger partial charge is 0.0861 e. The molecule has 2 N–H and O–H groups in total. The van der Waals surface area contributed by atoms with Crippen molar-refractivity contribution in [3.8, 4) is 0 Å². The van der Waals surface area contributed by atoms with E-state index in [2.05, 4.69) is 4.90 Å². The molecule has 0 aliphatic rings. The zero-order valence-electron chi connectivity index (χ0n) is 8.54. The second kappa shape index (κ2) is 7.00. The van der Waals surface area contributed by atoms with Crippen LogP contribution in [0.4, 0.5) is 0 Å². The Morgan fingerprint density at radius 3 is 2.62 bits per heavy atom. The van der Waals surface area contributed by atoms with Crippen LogP contribution in [0.1, 0.15) is 6.92 Å². The van der Waals surface area contributed by atoms with E-state index in [1.165, 1.54) is 0 Å². The van der Waals surface area contributed by atoms with Gasteiger partial charge in [0, 0.05) is 17.1 Å². The highest BCUT2D eigenvalue weighted by molar-refractivity contribution is 7.80. The first-order chi connectivity index (χ1) is 6.02. The highest BCUT2D eigenvalue weighted by Crippen LogP contribution is 1.89. The van der Waals surface area contributed by atoms with Crippen molar-refractivity contribution in [2.45, 2.75) is 6.92 Å². The highest BCUT2D eigenvalue weighted by Gasteiger charge is 1.93. The Morgan fingerprint density at radius 2 is 2.15 bits per heavy atom. The SMILES string of the molecule is CC(=S)/C=C(\N)COCCN(C)C. The number of hydrogen-bond donors (Lipinski definition) is 1. The first kappa shape index (κ1) is 12.6. The molecule has 0 radical (unpaired) electrons. The predicted molar refractivity (Wildman–Crippen MR) is 59.9 cm³/mol. The summed E-state index contributed by atoms with van der Waals surface area (Å²) < 4.78 is 5.31. The van der Waals surface area contributed by atoms with Crippen LogP contribution < -0.4 is 5.73 Å². The quantitative estimate of drug-likeness (QED) is 0.393. The van der Waals surface area contributed by atoms with Crippen LogP contribution in [0.15, 0.2) is 11.8 Å². The lowest BCUT2D eigenvalue weighted by atomic mass is 10.3. The Kier molecular flexibility index (Phi) is 6.76. The van der Waals surface area contributed by atoms with Gasteiger partial charge in [0.15, 0.2) is 0 Å². The van der Waals surface area contributed by atoms with Crippen molar-refractivity contribution in [1.82, 2.24) is 4.90 Å². The van der Waals surface area contributed by atoms with Crippen LogP contribution in [0.3, 0.4) is 0 Å². The molecule has 0 rings (SSSR count). The first-order valence-corrected chi connectivity index (χ1v) is 4.62. The van der Waals surface area contributed by atoms with Gasteiger partial charge >= 0.3 is 0 Å². The minimum atomic E-state index is 0.460. The van der Waals surface area contributed by atoms with Crippen molar-refractivity contribution in [2.24, 2.45) is 5.73 Å². The van der Waals surface area contributed by atoms with Crippen molar-refractivity contribution < 1.29 is 4.74 Å². The maximum atomic E-state index is 5.63. The average molecular weight is 202 g/mol. The molecule has 0 saturated carbocycles. The van der Waals surface area contributed by atoms with Crippen LogP contribution in [0, 0.1) is 0 Å². The fourth-order valence-electron chi connectivity index (χ4n) is 0.740. The van der Waals surface area contributed by atoms with Crippen LogP contribution in [0.2, 0.25) is 0 Å². The van der Waals surface area contributed by atoms with Gasteiger partial charge in [0.25, 0.3) is 0 Å². The molecule has 0 aromatic carbocycles. The molecule has 0 aliphatic heterocycles. The van der Waals surface area contributed by atoms with E-state index in [0.29, 0.717) is 18.9 Å². The Labute approximate surface area is 85.5 Å². The van der Waals surface area contributed by atoms with Crippen LogP contribution >= 0.6 is 12.2 Å². The summed E-state index contributed by atoms with van der Waals surface area (Å²) in [6.45, 7) is 3.89. The maximum absolute atomic E-state index is 5.63. The number of likely N-dealkylation sites (N-methyl/N-ethyl adjacent to an activating group) is 1. The zero-order valence-corrected chi connectivity index (χ0v) is 9.36. The molecule has 0 spiro atoms. The van der Waals surface area contributed by atoms with Crippen molar-refractivity contribution in [3.05, 3.63) is 11.8 Å². The number of ether oxygens (including phenoxy) is 1. The van der Waals surface area contributed by atoms with Gasteiger partial charge in [-0.2, -0.15) is 0 Å². The Bertz CT molecular complexity index is 190. The van der Waals surface area contributed by atoms with E-state index in [0.717, 1.165) is 11.4 Å². The van der Waals surface area contributed by atoms with Gasteiger partial charge in [0.05, 0.1) is 13.2 Å². The molecule has 0 amide bonds. The fourth-order valence-corrected chi connectivity index (χ4v) is 0.891. The molecule has 0 aromatic heterocycles. The van der Waals surface area contributed by atoms with Gasteiger partial charge in [0.1, 0.15) is 0 Å². The predicted octanol–water partition coefficient (Wildman–Crippen LogP) is 0.797. The molecule has 0 bridgehead atoms. The summed E-state index contributed by atoms with van der Waals surface area (Å²) in [5.41, 5.74) is 6.31. The van der Waals surface area contributed by atoms with E-state index in [1.807, 2.05) is 21.0 Å². The molecule has 0 saturated heterocycles. The van der Waals surface area contributed by atoms with E-state index in [1.54, 1.807) is 6.08 Å². The second-order valence-corrected chi connectivity index (χ2v) is 3.83. The summed E-state index contributed by atoms with van der Waals surface area (Å²) in [4.78, 5) is 2.85. The molecule has 0 heterocycles. The Hall–Kier alpha value is -0.450. The van der Waals surface area contributed by atoms with Gasteiger partial charge in [0.2, 0.25) is 0 Å². The fraction of sp³-hybridized carbons (Fsp3) is 0.667. The third kappa shape index (κ3) is 9.46. The monoisotopic (exact) mass is 202 g/mol. The van der Waals surface area contributed by atoms with Crippen LogP contribution in [0.5, 0.6) is 0 Å². The van der Waals surface area contributed by atoms with Gasteiger partial charge < -0.3 is 15.4 Å². The second-order valence-electron chi connectivity index (χ2n) is 3.19. The van der Waals surface area contributed by atoms with Gasteiger partial charge in [-0.1, -0.05) is 12.2 Å². The summed E-state index contributed by atoms with van der Waals surface area (Å²) >= 11 is 4.87. The molecule has 0 atom stereocenters. The van der Waals surface area contributed by atoms with E-state index in [9.17, 15) is 0 Å². The average Bonchev–Trinajstić information content (AvgIpc) is 1.96. The van der Waals surface area contributed by atoms with Crippen LogP contribution in [0.25, 0.3) is 0 Å². The van der Waals surface area contributed by atoms with Gasteiger partial charge in [-0.25, -0.2) is 0 Å². The summed E-state index contributed by atoms with van der Waals surface area (Å²) in [5, 5.41) is 0. The number of allylic oxidation sites excluding steroid dienone is 1. The van der Waals surface area contributed by atoms with Crippen molar-refractivity contribution in [2.75, 3.05) is 33.9 Å². The minimum Gasteiger partial charge on any atom is -0.400 e. The number of rotatable bonds is 6. The first-order valence-electron chi connectivity index (χ1n) is 4.21. The van der Waals surface area contributed by atoms with Crippen molar-refractivity contribution in [1.29, 1.82) is 0 Å². The topological polar surface area (TPSA) is 38.5 Å². The van der Waals surface area contributed by atoms with Gasteiger partial charge in [-0.15, -0.1) is 0 Å². The molecule has 13 heavy (non-hydrogen) atoms. The number of hydrogen-bond acceptors (Lipinski definition) is 4. The Balaban J connectivity index is 3.48. The number of nitrogens with zero attached hydrogens (tertiary/aromatic N) is 1.